The van der Waals surface area contributed by atoms with Crippen molar-refractivity contribution in [3.63, 3.8) is 0 Å². The Labute approximate surface area is 137 Å². The zero-order valence-corrected chi connectivity index (χ0v) is 13.6. The van der Waals surface area contributed by atoms with E-state index in [1.807, 2.05) is 12.3 Å². The summed E-state index contributed by atoms with van der Waals surface area (Å²) in [5, 5.41) is 0. The Morgan fingerprint density at radius 2 is 1.96 bits per heavy atom. The van der Waals surface area contributed by atoms with Crippen LogP contribution in [0.5, 0.6) is 5.75 Å². The van der Waals surface area contributed by atoms with Gasteiger partial charge in [0.05, 0.1) is 6.61 Å². The second-order valence-electron chi connectivity index (χ2n) is 6.35. The van der Waals surface area contributed by atoms with E-state index in [0.717, 1.165) is 50.8 Å². The average molecular weight is 309 g/mol. The Kier molecular flexibility index (Phi) is 3.92. The molecule has 1 aromatic heterocycles. The lowest BCUT2D eigenvalue weighted by molar-refractivity contribution is 0.198. The van der Waals surface area contributed by atoms with E-state index in [0.29, 0.717) is 6.04 Å². The van der Waals surface area contributed by atoms with Gasteiger partial charge >= 0.3 is 0 Å². The molecule has 0 amide bonds. The minimum atomic E-state index is 0.426. The number of benzene rings is 1. The highest BCUT2D eigenvalue weighted by atomic mass is 16.5. The topological polar surface area (TPSA) is 28.6 Å². The van der Waals surface area contributed by atoms with E-state index < -0.39 is 0 Å². The fourth-order valence-corrected chi connectivity index (χ4v) is 3.53. The predicted molar refractivity (Wildman–Crippen MR) is 92.1 cm³/mol. The van der Waals surface area contributed by atoms with Gasteiger partial charge in [-0.15, -0.1) is 0 Å². The number of piperazine rings is 1. The van der Waals surface area contributed by atoms with Gasteiger partial charge < -0.3 is 9.64 Å². The first-order valence-corrected chi connectivity index (χ1v) is 8.47. The SMILES string of the molecule is C[C@H](c1ccc2c(c1)OCC2)N1CCN(c2ccccn2)CC1. The summed E-state index contributed by atoms with van der Waals surface area (Å²) in [5.41, 5.74) is 2.71. The van der Waals surface area contributed by atoms with Crippen LogP contribution >= 0.6 is 0 Å². The molecule has 2 aromatic rings. The molecule has 0 spiro atoms. The zero-order valence-electron chi connectivity index (χ0n) is 13.6. The maximum Gasteiger partial charge on any atom is 0.128 e. The van der Waals surface area contributed by atoms with Crippen molar-refractivity contribution < 1.29 is 4.74 Å². The maximum absolute atomic E-state index is 5.72. The molecule has 0 N–H and O–H groups in total. The third-order valence-corrected chi connectivity index (χ3v) is 5.04. The van der Waals surface area contributed by atoms with E-state index in [9.17, 15) is 0 Å². The van der Waals surface area contributed by atoms with E-state index in [4.69, 9.17) is 4.74 Å². The van der Waals surface area contributed by atoms with E-state index in [1.54, 1.807) is 0 Å². The molecule has 23 heavy (non-hydrogen) atoms. The highest BCUT2D eigenvalue weighted by molar-refractivity contribution is 5.41. The molecule has 120 valence electrons. The number of nitrogens with zero attached hydrogens (tertiary/aromatic N) is 3. The molecule has 3 heterocycles. The van der Waals surface area contributed by atoms with Crippen molar-refractivity contribution in [3.8, 4) is 5.75 Å². The van der Waals surface area contributed by atoms with Crippen LogP contribution in [0.2, 0.25) is 0 Å². The second-order valence-corrected chi connectivity index (χ2v) is 6.35. The number of fused-ring (bicyclic) bond motifs is 1. The van der Waals surface area contributed by atoms with Crippen LogP contribution in [0.3, 0.4) is 0 Å². The van der Waals surface area contributed by atoms with Gasteiger partial charge in [-0.25, -0.2) is 4.98 Å². The molecule has 1 aromatic carbocycles. The number of aromatic nitrogens is 1. The molecule has 2 aliphatic heterocycles. The molecule has 1 saturated heterocycles. The summed E-state index contributed by atoms with van der Waals surface area (Å²) in [6.45, 7) is 7.32. The van der Waals surface area contributed by atoms with Gasteiger partial charge in [0.25, 0.3) is 0 Å². The van der Waals surface area contributed by atoms with Crippen molar-refractivity contribution in [2.45, 2.75) is 19.4 Å². The van der Waals surface area contributed by atoms with Crippen molar-refractivity contribution in [1.29, 1.82) is 0 Å². The fraction of sp³-hybridized carbons (Fsp3) is 0.421. The Morgan fingerprint density at radius 3 is 2.74 bits per heavy atom. The van der Waals surface area contributed by atoms with E-state index in [-0.39, 0.29) is 0 Å². The number of rotatable bonds is 3. The van der Waals surface area contributed by atoms with Gasteiger partial charge in [-0.3, -0.25) is 4.90 Å². The smallest absolute Gasteiger partial charge is 0.128 e. The lowest BCUT2D eigenvalue weighted by Crippen LogP contribution is -2.47. The first-order chi connectivity index (χ1) is 11.3. The van der Waals surface area contributed by atoms with Gasteiger partial charge in [0.2, 0.25) is 0 Å². The Balaban J connectivity index is 1.42. The summed E-state index contributed by atoms with van der Waals surface area (Å²) >= 11 is 0. The maximum atomic E-state index is 5.72. The molecular formula is C19H23N3O. The summed E-state index contributed by atoms with van der Waals surface area (Å²) in [4.78, 5) is 9.38. The highest BCUT2D eigenvalue weighted by Crippen LogP contribution is 2.31. The third kappa shape index (κ3) is 2.91. The normalized spacial score (nSPS) is 19.3. The molecule has 4 heteroatoms. The summed E-state index contributed by atoms with van der Waals surface area (Å²) in [6, 6.07) is 13.3. The fourth-order valence-electron chi connectivity index (χ4n) is 3.53. The summed E-state index contributed by atoms with van der Waals surface area (Å²) in [7, 11) is 0. The minimum Gasteiger partial charge on any atom is -0.493 e. The molecule has 0 radical (unpaired) electrons. The first-order valence-electron chi connectivity index (χ1n) is 8.47. The van der Waals surface area contributed by atoms with Crippen molar-refractivity contribution in [1.82, 2.24) is 9.88 Å². The van der Waals surface area contributed by atoms with E-state index >= 15 is 0 Å². The van der Waals surface area contributed by atoms with Crippen LogP contribution in [0.1, 0.15) is 24.1 Å². The Morgan fingerprint density at radius 1 is 1.09 bits per heavy atom. The largest absolute Gasteiger partial charge is 0.493 e. The summed E-state index contributed by atoms with van der Waals surface area (Å²) in [5.74, 6) is 2.17. The number of hydrogen-bond donors (Lipinski definition) is 0. The van der Waals surface area contributed by atoms with Crippen molar-refractivity contribution in [2.75, 3.05) is 37.7 Å². The lowest BCUT2D eigenvalue weighted by atomic mass is 10.0. The van der Waals surface area contributed by atoms with Crippen LogP contribution in [0.15, 0.2) is 42.6 Å². The molecule has 2 aliphatic rings. The van der Waals surface area contributed by atoms with Gasteiger partial charge in [0, 0.05) is 44.8 Å². The highest BCUT2D eigenvalue weighted by Gasteiger charge is 2.24. The Bertz CT molecular complexity index is 666. The monoisotopic (exact) mass is 309 g/mol. The molecule has 1 atom stereocenters. The molecule has 4 nitrogen and oxygen atoms in total. The van der Waals surface area contributed by atoms with Crippen LogP contribution in [0.4, 0.5) is 5.82 Å². The minimum absolute atomic E-state index is 0.426. The van der Waals surface area contributed by atoms with Crippen molar-refractivity contribution >= 4 is 5.82 Å². The van der Waals surface area contributed by atoms with Crippen molar-refractivity contribution in [2.24, 2.45) is 0 Å². The predicted octanol–water partition coefficient (Wildman–Crippen LogP) is 2.90. The molecule has 1 fully saturated rings. The lowest BCUT2D eigenvalue weighted by Gasteiger charge is -2.38. The van der Waals surface area contributed by atoms with Crippen LogP contribution in [-0.2, 0) is 6.42 Å². The molecular weight excluding hydrogens is 286 g/mol. The van der Waals surface area contributed by atoms with Crippen LogP contribution in [-0.4, -0.2) is 42.7 Å². The van der Waals surface area contributed by atoms with E-state index in [2.05, 4.69) is 52.0 Å². The van der Waals surface area contributed by atoms with E-state index in [1.165, 1.54) is 11.1 Å². The summed E-state index contributed by atoms with van der Waals surface area (Å²) in [6.07, 6.45) is 2.92. The van der Waals surface area contributed by atoms with Gasteiger partial charge in [-0.1, -0.05) is 18.2 Å². The number of ether oxygens (including phenoxy) is 1. The van der Waals surface area contributed by atoms with Gasteiger partial charge in [0.1, 0.15) is 11.6 Å². The van der Waals surface area contributed by atoms with Gasteiger partial charge in [-0.2, -0.15) is 0 Å². The van der Waals surface area contributed by atoms with Gasteiger partial charge in [-0.05, 0) is 36.2 Å². The Hall–Kier alpha value is -2.07. The molecule has 0 aliphatic carbocycles. The number of hydrogen-bond acceptors (Lipinski definition) is 4. The van der Waals surface area contributed by atoms with Crippen molar-refractivity contribution in [3.05, 3.63) is 53.7 Å². The number of anilines is 1. The second kappa shape index (κ2) is 6.20. The molecule has 4 rings (SSSR count). The standard InChI is InChI=1S/C19H23N3O/c1-15(17-6-5-16-7-13-23-18(16)14-17)21-9-11-22(12-10-21)19-4-2-3-8-20-19/h2-6,8,14-15H,7,9-13H2,1H3/t15-/m1/s1. The zero-order chi connectivity index (χ0) is 15.6. The quantitative estimate of drug-likeness (QED) is 0.871. The molecule has 0 saturated carbocycles. The number of pyridine rings is 1. The average Bonchev–Trinajstić information content (AvgIpc) is 3.10. The summed E-state index contributed by atoms with van der Waals surface area (Å²) < 4.78 is 5.72. The van der Waals surface area contributed by atoms with Gasteiger partial charge in [0.15, 0.2) is 0 Å². The van der Waals surface area contributed by atoms with Crippen LogP contribution < -0.4 is 9.64 Å². The van der Waals surface area contributed by atoms with Crippen LogP contribution in [0, 0.1) is 0 Å². The first kappa shape index (κ1) is 14.5. The third-order valence-electron chi connectivity index (χ3n) is 5.04. The van der Waals surface area contributed by atoms with Crippen LogP contribution in [0.25, 0.3) is 0 Å². The molecule has 0 bridgehead atoms. The molecule has 0 unspecified atom stereocenters.